The van der Waals surface area contributed by atoms with E-state index < -0.39 is 0 Å². The first-order valence-corrected chi connectivity index (χ1v) is 7.35. The summed E-state index contributed by atoms with van der Waals surface area (Å²) >= 11 is 0. The highest BCUT2D eigenvalue weighted by atomic mass is 16.1. The summed E-state index contributed by atoms with van der Waals surface area (Å²) in [7, 11) is 1.71. The molecule has 5 heteroatoms. The molecule has 1 saturated heterocycles. The average molecular weight is 276 g/mol. The molecule has 0 radical (unpaired) electrons. The summed E-state index contributed by atoms with van der Waals surface area (Å²) in [6.45, 7) is 5.79. The molecule has 0 aromatic carbocycles. The molecule has 5 nitrogen and oxygen atoms in total. The topological polar surface area (TPSA) is 57.3 Å². The van der Waals surface area contributed by atoms with E-state index in [0.717, 1.165) is 50.4 Å². The lowest BCUT2D eigenvalue weighted by atomic mass is 9.96. The fourth-order valence-corrected chi connectivity index (χ4v) is 2.67. The molecule has 1 aliphatic heterocycles. The van der Waals surface area contributed by atoms with Crippen molar-refractivity contribution < 1.29 is 4.79 Å². The van der Waals surface area contributed by atoms with Crippen LogP contribution in [0.3, 0.4) is 0 Å². The Bertz CT molecular complexity index is 441. The van der Waals surface area contributed by atoms with E-state index in [9.17, 15) is 4.79 Å². The number of nitrogens with zero attached hydrogens (tertiary/aromatic N) is 2. The molecule has 1 aromatic heterocycles. The van der Waals surface area contributed by atoms with Gasteiger partial charge in [-0.05, 0) is 45.0 Å². The summed E-state index contributed by atoms with van der Waals surface area (Å²) < 4.78 is 0. The summed E-state index contributed by atoms with van der Waals surface area (Å²) in [5, 5.41) is 6.05. The molecule has 0 spiro atoms. The van der Waals surface area contributed by atoms with Gasteiger partial charge in [0, 0.05) is 37.9 Å². The van der Waals surface area contributed by atoms with Crippen molar-refractivity contribution in [2.75, 3.05) is 32.0 Å². The van der Waals surface area contributed by atoms with E-state index in [1.165, 1.54) is 0 Å². The maximum absolute atomic E-state index is 11.6. The fraction of sp³-hybridized carbons (Fsp3) is 0.600. The number of pyridine rings is 1. The van der Waals surface area contributed by atoms with Crippen LogP contribution in [0.1, 0.15) is 25.5 Å². The van der Waals surface area contributed by atoms with Crippen LogP contribution in [0, 0.1) is 5.92 Å². The smallest absolute Gasteiger partial charge is 0.222 e. The highest BCUT2D eigenvalue weighted by molar-refractivity contribution is 5.78. The molecule has 0 atom stereocenters. The van der Waals surface area contributed by atoms with E-state index in [1.807, 2.05) is 12.3 Å². The van der Waals surface area contributed by atoms with Gasteiger partial charge in [-0.3, -0.25) is 14.7 Å². The maximum Gasteiger partial charge on any atom is 0.222 e. The lowest BCUT2D eigenvalue weighted by Gasteiger charge is -2.30. The predicted molar refractivity (Wildman–Crippen MR) is 80.5 cm³/mol. The van der Waals surface area contributed by atoms with Gasteiger partial charge in [0.25, 0.3) is 0 Å². The van der Waals surface area contributed by atoms with Crippen LogP contribution in [0.5, 0.6) is 0 Å². The zero-order valence-electron chi connectivity index (χ0n) is 12.4. The Morgan fingerprint density at radius 3 is 2.85 bits per heavy atom. The maximum atomic E-state index is 11.6. The van der Waals surface area contributed by atoms with E-state index in [0.29, 0.717) is 0 Å². The molecule has 1 amide bonds. The third kappa shape index (κ3) is 3.93. The predicted octanol–water partition coefficient (Wildman–Crippen LogP) is 1.47. The van der Waals surface area contributed by atoms with Crippen LogP contribution in [0.2, 0.25) is 0 Å². The largest absolute Gasteiger partial charge is 0.385 e. The zero-order valence-corrected chi connectivity index (χ0v) is 12.4. The number of rotatable bonds is 5. The molecule has 0 saturated carbocycles. The van der Waals surface area contributed by atoms with Crippen LogP contribution < -0.4 is 10.6 Å². The third-order valence-electron chi connectivity index (χ3n) is 3.79. The van der Waals surface area contributed by atoms with Crippen molar-refractivity contribution in [2.45, 2.75) is 26.3 Å². The number of carbonyl (C=O) groups is 1. The van der Waals surface area contributed by atoms with Crippen molar-refractivity contribution >= 4 is 11.6 Å². The summed E-state index contributed by atoms with van der Waals surface area (Å²) in [4.78, 5) is 18.4. The van der Waals surface area contributed by atoms with Crippen molar-refractivity contribution in [3.05, 3.63) is 24.0 Å². The summed E-state index contributed by atoms with van der Waals surface area (Å²) in [5.41, 5.74) is 2.21. The Balaban J connectivity index is 1.86. The Morgan fingerprint density at radius 1 is 1.45 bits per heavy atom. The average Bonchev–Trinajstić information content (AvgIpc) is 2.48. The van der Waals surface area contributed by atoms with Crippen LogP contribution in [0.4, 0.5) is 5.69 Å². The number of piperidine rings is 1. The minimum atomic E-state index is 0.178. The van der Waals surface area contributed by atoms with Crippen LogP contribution in [-0.4, -0.2) is 42.5 Å². The third-order valence-corrected chi connectivity index (χ3v) is 3.79. The quantitative estimate of drug-likeness (QED) is 0.855. The van der Waals surface area contributed by atoms with E-state index in [-0.39, 0.29) is 11.8 Å². The van der Waals surface area contributed by atoms with E-state index in [2.05, 4.69) is 33.5 Å². The van der Waals surface area contributed by atoms with Gasteiger partial charge in [-0.1, -0.05) is 0 Å². The van der Waals surface area contributed by atoms with Gasteiger partial charge in [0.15, 0.2) is 0 Å². The lowest BCUT2D eigenvalue weighted by molar-refractivity contribution is -0.125. The van der Waals surface area contributed by atoms with Crippen molar-refractivity contribution in [1.29, 1.82) is 0 Å². The monoisotopic (exact) mass is 276 g/mol. The molecule has 110 valence electrons. The molecule has 1 fully saturated rings. The summed E-state index contributed by atoms with van der Waals surface area (Å²) in [6, 6.07) is 4.10. The van der Waals surface area contributed by atoms with Gasteiger partial charge >= 0.3 is 0 Å². The van der Waals surface area contributed by atoms with Gasteiger partial charge in [0.2, 0.25) is 5.91 Å². The standard InChI is InChI=1S/C15H24N4O/c1-3-17-13-4-7-18-14(10-13)11-19-8-5-12(6-9-19)15(20)16-2/h4,7,10,12H,3,5-6,8-9,11H2,1-2H3,(H,16,20)(H,17,18). The molecule has 0 bridgehead atoms. The molecular formula is C15H24N4O. The lowest BCUT2D eigenvalue weighted by Crippen LogP contribution is -2.39. The SMILES string of the molecule is CCNc1ccnc(CN2CCC(C(=O)NC)CC2)c1. The number of anilines is 1. The normalized spacial score (nSPS) is 16.9. The number of hydrogen-bond acceptors (Lipinski definition) is 4. The fourth-order valence-electron chi connectivity index (χ4n) is 2.67. The first-order chi connectivity index (χ1) is 9.72. The number of hydrogen-bond donors (Lipinski definition) is 2. The summed E-state index contributed by atoms with van der Waals surface area (Å²) in [5.74, 6) is 0.356. The minimum Gasteiger partial charge on any atom is -0.385 e. The number of nitrogens with one attached hydrogen (secondary N) is 2. The minimum absolute atomic E-state index is 0.178. The molecule has 2 rings (SSSR count). The Hall–Kier alpha value is -1.62. The van der Waals surface area contributed by atoms with Crippen LogP contribution in [0.15, 0.2) is 18.3 Å². The van der Waals surface area contributed by atoms with Gasteiger partial charge in [-0.2, -0.15) is 0 Å². The summed E-state index contributed by atoms with van der Waals surface area (Å²) in [6.07, 6.45) is 3.73. The van der Waals surface area contributed by atoms with E-state index in [4.69, 9.17) is 0 Å². The van der Waals surface area contributed by atoms with Gasteiger partial charge in [-0.25, -0.2) is 0 Å². The Labute approximate surface area is 120 Å². The first-order valence-electron chi connectivity index (χ1n) is 7.35. The second kappa shape index (κ2) is 7.24. The first kappa shape index (κ1) is 14.8. The van der Waals surface area contributed by atoms with Gasteiger partial charge in [-0.15, -0.1) is 0 Å². The highest BCUT2D eigenvalue weighted by Gasteiger charge is 2.24. The molecule has 1 aromatic rings. The van der Waals surface area contributed by atoms with E-state index in [1.54, 1.807) is 7.05 Å². The second-order valence-corrected chi connectivity index (χ2v) is 5.23. The van der Waals surface area contributed by atoms with Crippen molar-refractivity contribution in [3.8, 4) is 0 Å². The van der Waals surface area contributed by atoms with Crippen molar-refractivity contribution in [2.24, 2.45) is 5.92 Å². The molecule has 1 aliphatic rings. The van der Waals surface area contributed by atoms with Crippen LogP contribution >= 0.6 is 0 Å². The van der Waals surface area contributed by atoms with E-state index >= 15 is 0 Å². The molecule has 20 heavy (non-hydrogen) atoms. The molecule has 2 heterocycles. The van der Waals surface area contributed by atoms with Gasteiger partial charge in [0.05, 0.1) is 5.69 Å². The molecule has 2 N–H and O–H groups in total. The van der Waals surface area contributed by atoms with Crippen LogP contribution in [0.25, 0.3) is 0 Å². The molecule has 0 unspecified atom stereocenters. The number of amides is 1. The van der Waals surface area contributed by atoms with Gasteiger partial charge < -0.3 is 10.6 Å². The highest BCUT2D eigenvalue weighted by Crippen LogP contribution is 2.19. The molecule has 0 aliphatic carbocycles. The van der Waals surface area contributed by atoms with Crippen LogP contribution in [-0.2, 0) is 11.3 Å². The number of likely N-dealkylation sites (tertiary alicyclic amines) is 1. The zero-order chi connectivity index (χ0) is 14.4. The van der Waals surface area contributed by atoms with Gasteiger partial charge in [0.1, 0.15) is 0 Å². The Kier molecular flexibility index (Phi) is 5.35. The Morgan fingerprint density at radius 2 is 2.20 bits per heavy atom. The molecular weight excluding hydrogens is 252 g/mol. The van der Waals surface area contributed by atoms with Crippen molar-refractivity contribution in [1.82, 2.24) is 15.2 Å². The number of carbonyl (C=O) groups excluding carboxylic acids is 1. The second-order valence-electron chi connectivity index (χ2n) is 5.23. The van der Waals surface area contributed by atoms with Crippen molar-refractivity contribution in [3.63, 3.8) is 0 Å². The number of aromatic nitrogens is 1.